The van der Waals surface area contributed by atoms with Crippen LogP contribution in [0.15, 0.2) is 150 Å². The summed E-state index contributed by atoms with van der Waals surface area (Å²) in [5.74, 6) is 0.125. The van der Waals surface area contributed by atoms with Gasteiger partial charge in [-0.3, -0.25) is 4.57 Å². The molecule has 0 bridgehead atoms. The van der Waals surface area contributed by atoms with Crippen LogP contribution in [0, 0.1) is 0 Å². The van der Waals surface area contributed by atoms with Gasteiger partial charge < -0.3 is 4.42 Å². The third kappa shape index (κ3) is 3.83. The Kier molecular flexibility index (Phi) is 3.66. The Hall–Kier alpha value is -6.07. The molecule has 0 aliphatic heterocycles. The topological polar surface area (TPSA) is 56.7 Å². The second-order valence-electron chi connectivity index (χ2n) is 10.1. The normalized spacial score (nSPS) is 14.8. The molecule has 0 aliphatic carbocycles. The van der Waals surface area contributed by atoms with Crippen LogP contribution >= 0.6 is 0 Å². The smallest absolute Gasteiger partial charge is 0.238 e. The molecular formula is C39H24N4O. The summed E-state index contributed by atoms with van der Waals surface area (Å²) in [4.78, 5) is 14.5. The van der Waals surface area contributed by atoms with Gasteiger partial charge in [0.2, 0.25) is 5.95 Å². The second kappa shape index (κ2) is 9.75. The van der Waals surface area contributed by atoms with Gasteiger partial charge in [0.15, 0.2) is 11.6 Å². The molecule has 5 heteroatoms. The van der Waals surface area contributed by atoms with Crippen LogP contribution in [0.5, 0.6) is 0 Å². The molecule has 0 saturated heterocycles. The van der Waals surface area contributed by atoms with Gasteiger partial charge in [0.1, 0.15) is 11.2 Å². The van der Waals surface area contributed by atoms with Crippen molar-refractivity contribution in [3.05, 3.63) is 145 Å². The molecule has 3 aromatic heterocycles. The van der Waals surface area contributed by atoms with Gasteiger partial charge in [0.25, 0.3) is 0 Å². The average molecular weight is 575 g/mol. The lowest BCUT2D eigenvalue weighted by molar-refractivity contribution is 0.669. The monoisotopic (exact) mass is 574 g/mol. The predicted molar refractivity (Wildman–Crippen MR) is 178 cm³/mol. The molecule has 0 unspecified atom stereocenters. The van der Waals surface area contributed by atoms with E-state index in [9.17, 15) is 0 Å². The maximum absolute atomic E-state index is 8.76. The van der Waals surface area contributed by atoms with E-state index in [1.807, 2.05) is 59.2 Å². The standard InChI is InChI=1S/C39H24N4O/c1-3-12-25(13-4-1)27-22-23-35-32(24-27)30-18-11-19-31(36(30)44-35)38-40-37(26-14-5-2-6-15-26)41-39(42-38)43-33-20-9-7-16-28(33)29-17-8-10-21-34(29)43/h1-24H/i1D,2D,3D,4D,5D,6D,12D,13D,14D,15D. The number of aromatic nitrogens is 4. The van der Waals surface area contributed by atoms with E-state index in [0.717, 1.165) is 21.8 Å². The third-order valence-electron chi connectivity index (χ3n) is 7.65. The van der Waals surface area contributed by atoms with Crippen LogP contribution in [0.3, 0.4) is 0 Å². The van der Waals surface area contributed by atoms with Crippen LogP contribution in [0.2, 0.25) is 0 Å². The summed E-state index contributed by atoms with van der Waals surface area (Å²) < 4.78 is 92.0. The first kappa shape index (κ1) is 16.5. The van der Waals surface area contributed by atoms with E-state index < -0.39 is 48.3 Å². The molecule has 0 atom stereocenters. The lowest BCUT2D eigenvalue weighted by Gasteiger charge is -2.11. The van der Waals surface area contributed by atoms with Gasteiger partial charge in [-0.1, -0.05) is 115 Å². The van der Waals surface area contributed by atoms with Crippen molar-refractivity contribution in [3.8, 4) is 39.9 Å². The summed E-state index contributed by atoms with van der Waals surface area (Å²) in [5.41, 5.74) is 3.09. The number of para-hydroxylation sites is 3. The van der Waals surface area contributed by atoms with Crippen molar-refractivity contribution >= 4 is 43.7 Å². The van der Waals surface area contributed by atoms with Crippen molar-refractivity contribution in [1.82, 2.24) is 19.5 Å². The Labute approximate surface area is 266 Å². The summed E-state index contributed by atoms with van der Waals surface area (Å²) in [6.07, 6.45) is 0. The minimum Gasteiger partial charge on any atom is -0.455 e. The summed E-state index contributed by atoms with van der Waals surface area (Å²) >= 11 is 0. The zero-order valence-corrected chi connectivity index (χ0v) is 22.8. The molecule has 0 amide bonds. The highest BCUT2D eigenvalue weighted by molar-refractivity contribution is 6.11. The zero-order chi connectivity index (χ0) is 37.7. The number of benzene rings is 6. The van der Waals surface area contributed by atoms with Gasteiger partial charge >= 0.3 is 0 Å². The number of furan rings is 1. The van der Waals surface area contributed by atoms with Crippen LogP contribution < -0.4 is 0 Å². The number of hydrogen-bond donors (Lipinski definition) is 0. The Morgan fingerprint density at radius 1 is 0.523 bits per heavy atom. The third-order valence-corrected chi connectivity index (χ3v) is 7.65. The van der Waals surface area contributed by atoms with E-state index in [4.69, 9.17) is 33.1 Å². The molecule has 0 radical (unpaired) electrons. The van der Waals surface area contributed by atoms with Gasteiger partial charge in [-0.15, -0.1) is 0 Å². The molecule has 9 aromatic rings. The Morgan fingerprint density at radius 3 is 1.89 bits per heavy atom. The average Bonchev–Trinajstić information content (AvgIpc) is 3.73. The van der Waals surface area contributed by atoms with Gasteiger partial charge in [-0.2, -0.15) is 9.97 Å². The molecule has 206 valence electrons. The molecule has 0 fully saturated rings. The highest BCUT2D eigenvalue weighted by Crippen LogP contribution is 2.38. The molecule has 0 aliphatic rings. The van der Waals surface area contributed by atoms with Crippen molar-refractivity contribution in [1.29, 1.82) is 0 Å². The van der Waals surface area contributed by atoms with Crippen molar-refractivity contribution in [2.75, 3.05) is 0 Å². The largest absolute Gasteiger partial charge is 0.455 e. The van der Waals surface area contributed by atoms with Crippen LogP contribution in [0.25, 0.3) is 83.6 Å². The fourth-order valence-corrected chi connectivity index (χ4v) is 5.72. The second-order valence-corrected chi connectivity index (χ2v) is 10.1. The summed E-state index contributed by atoms with van der Waals surface area (Å²) in [6.45, 7) is 0. The Balaban J connectivity index is 1.33. The summed E-state index contributed by atoms with van der Waals surface area (Å²) in [5, 5.41) is 3.11. The zero-order valence-electron chi connectivity index (χ0n) is 32.8. The molecule has 3 heterocycles. The quantitative estimate of drug-likeness (QED) is 0.210. The van der Waals surface area contributed by atoms with Crippen molar-refractivity contribution in [2.45, 2.75) is 0 Å². The SMILES string of the molecule is [2H]c1c([2H])c([2H])c(-c2ccc3oc4c(-c5nc(-c6c([2H])c([2H])c([2H])c([2H])c6[2H])nc(-n6c7ccccc7c7ccccc76)n5)cccc4c3c2)c([2H])c1[2H]. The predicted octanol–water partition coefficient (Wildman–Crippen LogP) is 9.87. The van der Waals surface area contributed by atoms with E-state index in [1.54, 1.807) is 30.3 Å². The molecule has 44 heavy (non-hydrogen) atoms. The fourth-order valence-electron chi connectivity index (χ4n) is 5.72. The fraction of sp³-hybridized carbons (Fsp3) is 0. The molecule has 9 rings (SSSR count). The summed E-state index contributed by atoms with van der Waals surface area (Å²) in [7, 11) is 0. The lowest BCUT2D eigenvalue weighted by Crippen LogP contribution is -2.06. The highest BCUT2D eigenvalue weighted by atomic mass is 16.3. The van der Waals surface area contributed by atoms with Crippen LogP contribution in [-0.2, 0) is 0 Å². The highest BCUT2D eigenvalue weighted by Gasteiger charge is 2.20. The van der Waals surface area contributed by atoms with Crippen LogP contribution in [0.4, 0.5) is 0 Å². The van der Waals surface area contributed by atoms with E-state index >= 15 is 0 Å². The molecular weight excluding hydrogens is 540 g/mol. The minimum atomic E-state index is -0.541. The van der Waals surface area contributed by atoms with E-state index in [1.165, 1.54) is 0 Å². The van der Waals surface area contributed by atoms with E-state index in [0.29, 0.717) is 33.1 Å². The number of nitrogens with zero attached hydrogens (tertiary/aromatic N) is 4. The van der Waals surface area contributed by atoms with Crippen LogP contribution in [0.1, 0.15) is 13.7 Å². The lowest BCUT2D eigenvalue weighted by atomic mass is 10.0. The maximum Gasteiger partial charge on any atom is 0.238 e. The van der Waals surface area contributed by atoms with Gasteiger partial charge in [-0.25, -0.2) is 4.98 Å². The van der Waals surface area contributed by atoms with Crippen LogP contribution in [-0.4, -0.2) is 19.5 Å². The molecule has 0 spiro atoms. The van der Waals surface area contributed by atoms with Gasteiger partial charge in [-0.05, 0) is 41.5 Å². The van der Waals surface area contributed by atoms with Gasteiger partial charge in [0, 0.05) is 27.1 Å². The van der Waals surface area contributed by atoms with E-state index in [-0.39, 0.29) is 40.8 Å². The minimum absolute atomic E-state index is 0.0601. The first-order valence-electron chi connectivity index (χ1n) is 18.8. The van der Waals surface area contributed by atoms with Gasteiger partial charge in [0.05, 0.1) is 30.3 Å². The molecule has 0 N–H and O–H groups in total. The number of hydrogen-bond acceptors (Lipinski definition) is 4. The van der Waals surface area contributed by atoms with E-state index in [2.05, 4.69) is 0 Å². The Morgan fingerprint density at radius 2 is 1.16 bits per heavy atom. The first-order valence-corrected chi connectivity index (χ1v) is 13.8. The first-order chi connectivity index (χ1) is 26.0. The number of fused-ring (bicyclic) bond motifs is 6. The maximum atomic E-state index is 8.76. The molecule has 0 saturated carbocycles. The van der Waals surface area contributed by atoms with Crippen molar-refractivity contribution in [3.63, 3.8) is 0 Å². The van der Waals surface area contributed by atoms with Crippen molar-refractivity contribution < 1.29 is 18.1 Å². The summed E-state index contributed by atoms with van der Waals surface area (Å²) in [6, 6.07) is 21.3. The molecule has 5 nitrogen and oxygen atoms in total. The Bertz CT molecular complexity index is 2970. The van der Waals surface area contributed by atoms with Crippen molar-refractivity contribution in [2.24, 2.45) is 0 Å². The molecule has 6 aromatic carbocycles. The number of rotatable bonds is 4.